The minimum absolute atomic E-state index is 0.578. The number of para-hydroxylation sites is 1. The Morgan fingerprint density at radius 1 is 1.12 bits per heavy atom. The zero-order valence-corrected chi connectivity index (χ0v) is 9.82. The molecular weight excluding hydrogens is 268 g/mol. The topological polar surface area (TPSA) is 30.2 Å². The number of hydrogen-bond acceptors (Lipinski definition) is 2. The molecule has 0 N–H and O–H groups in total. The highest BCUT2D eigenvalue weighted by Crippen LogP contribution is 2.35. The lowest BCUT2D eigenvalue weighted by Gasteiger charge is -1.95. The highest BCUT2D eigenvalue weighted by atomic mass is 79.9. The Bertz CT molecular complexity index is 698. The van der Waals surface area contributed by atoms with Crippen molar-refractivity contribution in [3.8, 4) is 0 Å². The van der Waals surface area contributed by atoms with Crippen LogP contribution in [0.3, 0.4) is 0 Å². The summed E-state index contributed by atoms with van der Waals surface area (Å²) in [6, 6.07) is 11.4. The van der Waals surface area contributed by atoms with Crippen LogP contribution in [-0.2, 0) is 0 Å². The van der Waals surface area contributed by atoms with Gasteiger partial charge in [0, 0.05) is 15.2 Å². The van der Waals surface area contributed by atoms with E-state index in [0.29, 0.717) is 11.1 Å². The van der Waals surface area contributed by atoms with Crippen LogP contribution >= 0.6 is 15.9 Å². The van der Waals surface area contributed by atoms with Crippen molar-refractivity contribution in [1.82, 2.24) is 0 Å². The molecule has 3 aromatic rings. The summed E-state index contributed by atoms with van der Waals surface area (Å²) in [4.78, 5) is 10.9. The van der Waals surface area contributed by atoms with Crippen LogP contribution < -0.4 is 0 Å². The molecule has 0 amide bonds. The molecule has 78 valence electrons. The molecule has 0 unspecified atom stereocenters. The fraction of sp³-hybridized carbons (Fsp3) is 0. The number of aldehydes is 1. The van der Waals surface area contributed by atoms with Crippen LogP contribution in [0.1, 0.15) is 10.4 Å². The Morgan fingerprint density at radius 3 is 2.75 bits per heavy atom. The summed E-state index contributed by atoms with van der Waals surface area (Å²) >= 11 is 3.48. The van der Waals surface area contributed by atoms with Gasteiger partial charge in [0.25, 0.3) is 0 Å². The van der Waals surface area contributed by atoms with E-state index in [1.807, 2.05) is 30.3 Å². The predicted octanol–water partition coefficient (Wildman–Crippen LogP) is 4.16. The monoisotopic (exact) mass is 274 g/mol. The number of furan rings is 1. The molecule has 1 heterocycles. The van der Waals surface area contributed by atoms with Crippen molar-refractivity contribution in [2.24, 2.45) is 0 Å². The summed E-state index contributed by atoms with van der Waals surface area (Å²) < 4.78 is 6.64. The van der Waals surface area contributed by atoms with Crippen LogP contribution in [0.5, 0.6) is 0 Å². The van der Waals surface area contributed by atoms with Gasteiger partial charge in [-0.25, -0.2) is 0 Å². The van der Waals surface area contributed by atoms with Crippen molar-refractivity contribution in [2.75, 3.05) is 0 Å². The number of benzene rings is 2. The Kier molecular flexibility index (Phi) is 2.07. The average Bonchev–Trinajstić information content (AvgIpc) is 2.69. The lowest BCUT2D eigenvalue weighted by molar-refractivity contribution is 0.112. The van der Waals surface area contributed by atoms with Crippen LogP contribution in [0.25, 0.3) is 21.9 Å². The van der Waals surface area contributed by atoms with Gasteiger partial charge in [-0.15, -0.1) is 0 Å². The van der Waals surface area contributed by atoms with Gasteiger partial charge in [-0.1, -0.05) is 34.1 Å². The highest BCUT2D eigenvalue weighted by Gasteiger charge is 2.12. The lowest BCUT2D eigenvalue weighted by atomic mass is 10.1. The van der Waals surface area contributed by atoms with Gasteiger partial charge in [0.05, 0.1) is 5.56 Å². The van der Waals surface area contributed by atoms with E-state index < -0.39 is 0 Å². The van der Waals surface area contributed by atoms with Gasteiger partial charge in [0.15, 0.2) is 6.29 Å². The zero-order valence-electron chi connectivity index (χ0n) is 8.24. The average molecular weight is 275 g/mol. The largest absolute Gasteiger partial charge is 0.455 e. The van der Waals surface area contributed by atoms with Crippen LogP contribution in [0, 0.1) is 0 Å². The third kappa shape index (κ3) is 1.21. The van der Waals surface area contributed by atoms with Crippen molar-refractivity contribution in [3.63, 3.8) is 0 Å². The number of carbonyl (C=O) groups is 1. The van der Waals surface area contributed by atoms with Crippen molar-refractivity contribution < 1.29 is 9.21 Å². The summed E-state index contributed by atoms with van der Waals surface area (Å²) in [6.45, 7) is 0. The number of hydrogen-bond donors (Lipinski definition) is 0. The van der Waals surface area contributed by atoms with Gasteiger partial charge in [0.1, 0.15) is 11.2 Å². The lowest BCUT2D eigenvalue weighted by Crippen LogP contribution is -1.80. The van der Waals surface area contributed by atoms with E-state index in [2.05, 4.69) is 15.9 Å². The summed E-state index contributed by atoms with van der Waals surface area (Å²) in [5.41, 5.74) is 2.02. The van der Waals surface area contributed by atoms with Gasteiger partial charge in [-0.05, 0) is 18.2 Å². The van der Waals surface area contributed by atoms with Gasteiger partial charge < -0.3 is 4.42 Å². The Morgan fingerprint density at radius 2 is 1.94 bits per heavy atom. The minimum Gasteiger partial charge on any atom is -0.455 e. The SMILES string of the molecule is O=Cc1ccc(Br)c2c1oc1ccccc12. The Balaban J connectivity index is 2.62. The second-order valence-corrected chi connectivity index (χ2v) is 4.41. The molecule has 0 radical (unpaired) electrons. The maximum absolute atomic E-state index is 10.9. The third-order valence-electron chi connectivity index (χ3n) is 2.63. The summed E-state index contributed by atoms with van der Waals surface area (Å²) in [5, 5.41) is 1.98. The van der Waals surface area contributed by atoms with Crippen LogP contribution in [0.2, 0.25) is 0 Å². The van der Waals surface area contributed by atoms with E-state index in [1.165, 1.54) is 0 Å². The number of fused-ring (bicyclic) bond motifs is 3. The van der Waals surface area contributed by atoms with Crippen molar-refractivity contribution in [2.45, 2.75) is 0 Å². The van der Waals surface area contributed by atoms with Crippen LogP contribution in [0.4, 0.5) is 0 Å². The van der Waals surface area contributed by atoms with Crippen molar-refractivity contribution in [1.29, 1.82) is 0 Å². The van der Waals surface area contributed by atoms with E-state index in [0.717, 1.165) is 27.1 Å². The first kappa shape index (κ1) is 9.60. The fourth-order valence-electron chi connectivity index (χ4n) is 1.90. The molecule has 0 saturated heterocycles. The van der Waals surface area contributed by atoms with E-state index in [4.69, 9.17) is 4.42 Å². The molecule has 0 aliphatic carbocycles. The number of halogens is 1. The fourth-order valence-corrected chi connectivity index (χ4v) is 2.43. The first-order valence-corrected chi connectivity index (χ1v) is 5.65. The van der Waals surface area contributed by atoms with Gasteiger partial charge in [-0.2, -0.15) is 0 Å². The predicted molar refractivity (Wildman–Crippen MR) is 66.8 cm³/mol. The second kappa shape index (κ2) is 3.46. The van der Waals surface area contributed by atoms with E-state index in [1.54, 1.807) is 6.07 Å². The molecule has 3 rings (SSSR count). The quantitative estimate of drug-likeness (QED) is 0.624. The zero-order chi connectivity index (χ0) is 11.1. The van der Waals surface area contributed by atoms with Crippen molar-refractivity contribution >= 4 is 44.2 Å². The standard InChI is InChI=1S/C13H7BrO2/c14-10-6-5-8(7-15)13-12(10)9-3-1-2-4-11(9)16-13/h1-7H. The molecule has 2 aromatic carbocycles. The smallest absolute Gasteiger partial charge is 0.153 e. The second-order valence-electron chi connectivity index (χ2n) is 3.56. The Labute approximate surface area is 100.0 Å². The molecule has 0 atom stereocenters. The summed E-state index contributed by atoms with van der Waals surface area (Å²) in [6.07, 6.45) is 0.817. The Hall–Kier alpha value is -1.61. The maximum Gasteiger partial charge on any atom is 0.153 e. The van der Waals surface area contributed by atoms with Crippen LogP contribution in [0.15, 0.2) is 45.3 Å². The summed E-state index contributed by atoms with van der Waals surface area (Å²) in [5.74, 6) is 0. The van der Waals surface area contributed by atoms with Gasteiger partial charge >= 0.3 is 0 Å². The molecule has 1 aromatic heterocycles. The first-order valence-electron chi connectivity index (χ1n) is 4.86. The normalized spacial score (nSPS) is 11.1. The molecule has 16 heavy (non-hydrogen) atoms. The van der Waals surface area contributed by atoms with Crippen molar-refractivity contribution in [3.05, 3.63) is 46.4 Å². The molecule has 0 saturated carbocycles. The molecule has 0 fully saturated rings. The molecule has 0 aliphatic rings. The molecule has 3 heteroatoms. The summed E-state index contributed by atoms with van der Waals surface area (Å²) in [7, 11) is 0. The molecule has 0 spiro atoms. The molecular formula is C13H7BrO2. The van der Waals surface area contributed by atoms with E-state index >= 15 is 0 Å². The highest BCUT2D eigenvalue weighted by molar-refractivity contribution is 9.10. The minimum atomic E-state index is 0.578. The third-order valence-corrected chi connectivity index (χ3v) is 3.29. The van der Waals surface area contributed by atoms with E-state index in [9.17, 15) is 4.79 Å². The van der Waals surface area contributed by atoms with Gasteiger partial charge in [0.2, 0.25) is 0 Å². The van der Waals surface area contributed by atoms with E-state index in [-0.39, 0.29) is 0 Å². The van der Waals surface area contributed by atoms with Crippen LogP contribution in [-0.4, -0.2) is 6.29 Å². The molecule has 2 nitrogen and oxygen atoms in total. The first-order chi connectivity index (χ1) is 7.81. The van der Waals surface area contributed by atoms with Gasteiger partial charge in [-0.3, -0.25) is 4.79 Å². The number of rotatable bonds is 1. The molecule has 0 bridgehead atoms. The number of carbonyl (C=O) groups excluding carboxylic acids is 1. The maximum atomic E-state index is 10.9. The molecule has 0 aliphatic heterocycles.